The normalized spacial score (nSPS) is 9.16. The summed E-state index contributed by atoms with van der Waals surface area (Å²) in [5.74, 6) is -0.214. The molecule has 19 heavy (non-hydrogen) atoms. The fraction of sp³-hybridized carbons (Fsp3) is 0.0714. The number of hydrogen-bond donors (Lipinski definition) is 0. The number of hydrogen-bond acceptors (Lipinski definition) is 3. The zero-order chi connectivity index (χ0) is 14.3. The monoisotopic (exact) mass is 277 g/mol. The number of nitrogens with zero attached hydrogens (tertiary/aromatic N) is 1. The highest BCUT2D eigenvalue weighted by molar-refractivity contribution is 6.15. The maximum Gasteiger partial charge on any atom is 0.270 e. The van der Waals surface area contributed by atoms with Crippen LogP contribution in [0.25, 0.3) is 0 Å². The van der Waals surface area contributed by atoms with Crippen LogP contribution < -0.4 is 0 Å². The highest BCUT2D eigenvalue weighted by Crippen LogP contribution is 2.16. The van der Waals surface area contributed by atoms with E-state index in [0.717, 1.165) is 0 Å². The summed E-state index contributed by atoms with van der Waals surface area (Å²) in [7, 11) is 0. The second-order valence-electron chi connectivity index (χ2n) is 3.50. The Morgan fingerprint density at radius 2 is 1.58 bits per heavy atom. The molecule has 98 valence electrons. The summed E-state index contributed by atoms with van der Waals surface area (Å²) in [5, 5.41) is 10.6. The fourth-order valence-electron chi connectivity index (χ4n) is 1.52. The first-order valence-corrected chi connectivity index (χ1v) is 6.16. The van der Waals surface area contributed by atoms with Crippen molar-refractivity contribution in [2.45, 2.75) is 0 Å². The van der Waals surface area contributed by atoms with Crippen LogP contribution in [-0.4, -0.2) is 17.1 Å². The van der Waals surface area contributed by atoms with E-state index in [1.54, 1.807) is 30.3 Å². The fourth-order valence-corrected chi connectivity index (χ4v) is 1.52. The van der Waals surface area contributed by atoms with Gasteiger partial charge in [0.15, 0.2) is 5.78 Å². The van der Waals surface area contributed by atoms with Crippen LogP contribution in [0, 0.1) is 10.1 Å². The van der Waals surface area contributed by atoms with Gasteiger partial charge in [-0.3, -0.25) is 14.9 Å². The van der Waals surface area contributed by atoms with Gasteiger partial charge in [-0.15, -0.1) is 11.6 Å². The minimum absolute atomic E-state index is 0.0771. The third-order valence-corrected chi connectivity index (χ3v) is 2.36. The van der Waals surface area contributed by atoms with E-state index >= 15 is 0 Å². The molecule has 0 atom stereocenters. The molecule has 0 saturated carbocycles. The Morgan fingerprint density at radius 1 is 1.00 bits per heavy atom. The first-order chi connectivity index (χ1) is 9.18. The molecular formula is C14H12ClNO3. The molecule has 0 bridgehead atoms. The standard InChI is InChI=1S/C13H9NO3.CH3Cl/c15-13(10-5-2-1-3-6-10)11-7-4-8-12(9-11)14(16)17;1-2/h1-9H;1H3. The highest BCUT2D eigenvalue weighted by Gasteiger charge is 2.12. The van der Waals surface area contributed by atoms with Gasteiger partial charge in [-0.05, 0) is 0 Å². The largest absolute Gasteiger partial charge is 0.289 e. The van der Waals surface area contributed by atoms with E-state index in [9.17, 15) is 14.9 Å². The van der Waals surface area contributed by atoms with E-state index in [4.69, 9.17) is 0 Å². The zero-order valence-electron chi connectivity index (χ0n) is 10.2. The van der Waals surface area contributed by atoms with Crippen molar-refractivity contribution in [3.05, 3.63) is 75.8 Å². The second kappa shape index (κ2) is 7.28. The van der Waals surface area contributed by atoms with Crippen LogP contribution in [0.5, 0.6) is 0 Å². The number of nitro groups is 1. The summed E-state index contributed by atoms with van der Waals surface area (Å²) in [6, 6.07) is 14.4. The summed E-state index contributed by atoms with van der Waals surface area (Å²) in [5.41, 5.74) is 0.769. The smallest absolute Gasteiger partial charge is 0.270 e. The molecule has 0 aromatic heterocycles. The summed E-state index contributed by atoms with van der Waals surface area (Å²) < 4.78 is 0. The third-order valence-electron chi connectivity index (χ3n) is 2.36. The molecule has 0 radical (unpaired) electrons. The van der Waals surface area contributed by atoms with Gasteiger partial charge in [0.2, 0.25) is 0 Å². The summed E-state index contributed by atoms with van der Waals surface area (Å²) >= 11 is 4.64. The van der Waals surface area contributed by atoms with E-state index in [-0.39, 0.29) is 11.5 Å². The molecule has 2 aromatic carbocycles. The lowest BCUT2D eigenvalue weighted by Gasteiger charge is -2.00. The quantitative estimate of drug-likeness (QED) is 0.372. The summed E-state index contributed by atoms with van der Waals surface area (Å²) in [6.07, 6.45) is 1.47. The number of alkyl halides is 1. The number of ketones is 1. The van der Waals surface area contributed by atoms with Gasteiger partial charge in [-0.25, -0.2) is 0 Å². The van der Waals surface area contributed by atoms with E-state index < -0.39 is 4.92 Å². The molecule has 0 N–H and O–H groups in total. The molecule has 0 amide bonds. The van der Waals surface area contributed by atoms with Crippen LogP contribution in [0.3, 0.4) is 0 Å². The van der Waals surface area contributed by atoms with Crippen LogP contribution in [0.1, 0.15) is 15.9 Å². The topological polar surface area (TPSA) is 60.2 Å². The van der Waals surface area contributed by atoms with Crippen molar-refractivity contribution in [2.75, 3.05) is 6.38 Å². The average Bonchev–Trinajstić information content (AvgIpc) is 2.49. The number of carbonyl (C=O) groups is 1. The first-order valence-electron chi connectivity index (χ1n) is 5.40. The van der Waals surface area contributed by atoms with Gasteiger partial charge in [0.1, 0.15) is 0 Å². The van der Waals surface area contributed by atoms with Gasteiger partial charge in [0.25, 0.3) is 5.69 Å². The van der Waals surface area contributed by atoms with Crippen molar-refractivity contribution in [2.24, 2.45) is 0 Å². The molecule has 2 rings (SSSR count). The average molecular weight is 278 g/mol. The van der Waals surface area contributed by atoms with Gasteiger partial charge < -0.3 is 0 Å². The van der Waals surface area contributed by atoms with Crippen molar-refractivity contribution in [3.8, 4) is 0 Å². The minimum Gasteiger partial charge on any atom is -0.289 e. The number of nitro benzene ring substituents is 1. The lowest BCUT2D eigenvalue weighted by Crippen LogP contribution is -2.01. The highest BCUT2D eigenvalue weighted by atomic mass is 35.5. The lowest BCUT2D eigenvalue weighted by atomic mass is 10.0. The molecular weight excluding hydrogens is 266 g/mol. The van der Waals surface area contributed by atoms with Crippen molar-refractivity contribution >= 4 is 23.1 Å². The predicted octanol–water partition coefficient (Wildman–Crippen LogP) is 3.68. The maximum absolute atomic E-state index is 12.0. The number of benzene rings is 2. The van der Waals surface area contributed by atoms with Crippen LogP contribution >= 0.6 is 11.6 Å². The van der Waals surface area contributed by atoms with Crippen molar-refractivity contribution < 1.29 is 9.72 Å². The summed E-state index contributed by atoms with van der Waals surface area (Å²) in [4.78, 5) is 22.1. The molecule has 0 fully saturated rings. The van der Waals surface area contributed by atoms with E-state index in [2.05, 4.69) is 11.6 Å². The van der Waals surface area contributed by atoms with Crippen molar-refractivity contribution in [3.63, 3.8) is 0 Å². The molecule has 0 spiro atoms. The van der Waals surface area contributed by atoms with Gasteiger partial charge in [-0.2, -0.15) is 0 Å². The molecule has 0 aliphatic carbocycles. The maximum atomic E-state index is 12.0. The van der Waals surface area contributed by atoms with E-state index in [1.807, 2.05) is 6.07 Å². The van der Waals surface area contributed by atoms with Crippen molar-refractivity contribution in [1.29, 1.82) is 0 Å². The summed E-state index contributed by atoms with van der Waals surface area (Å²) in [6.45, 7) is 0. The Morgan fingerprint density at radius 3 is 2.16 bits per heavy atom. The SMILES string of the molecule is CCl.O=C(c1ccccc1)c1cccc([N+](=O)[O-])c1. The molecule has 2 aromatic rings. The third kappa shape index (κ3) is 3.89. The molecule has 5 heteroatoms. The van der Waals surface area contributed by atoms with Crippen LogP contribution in [-0.2, 0) is 0 Å². The first kappa shape index (κ1) is 14.9. The lowest BCUT2D eigenvalue weighted by molar-refractivity contribution is -0.384. The number of non-ortho nitro benzene ring substituents is 1. The van der Waals surface area contributed by atoms with E-state index in [0.29, 0.717) is 11.1 Å². The molecule has 0 aliphatic rings. The Bertz CT molecular complexity index is 570. The Balaban J connectivity index is 0.000000861. The van der Waals surface area contributed by atoms with Crippen LogP contribution in [0.15, 0.2) is 54.6 Å². The van der Waals surface area contributed by atoms with Gasteiger partial charge >= 0.3 is 0 Å². The van der Waals surface area contributed by atoms with Crippen LogP contribution in [0.2, 0.25) is 0 Å². The number of halogens is 1. The Kier molecular flexibility index (Phi) is 5.70. The van der Waals surface area contributed by atoms with Crippen molar-refractivity contribution in [1.82, 2.24) is 0 Å². The van der Waals surface area contributed by atoms with Gasteiger partial charge in [-0.1, -0.05) is 42.5 Å². The van der Waals surface area contributed by atoms with E-state index in [1.165, 1.54) is 24.6 Å². The van der Waals surface area contributed by atoms with Crippen LogP contribution in [0.4, 0.5) is 5.69 Å². The Labute approximate surface area is 115 Å². The molecule has 4 nitrogen and oxygen atoms in total. The zero-order valence-corrected chi connectivity index (χ0v) is 11.0. The molecule has 0 heterocycles. The molecule has 0 saturated heterocycles. The Hall–Kier alpha value is -2.20. The molecule has 0 aliphatic heterocycles. The van der Waals surface area contributed by atoms with Gasteiger partial charge in [0, 0.05) is 29.6 Å². The number of rotatable bonds is 3. The van der Waals surface area contributed by atoms with Gasteiger partial charge in [0.05, 0.1) is 4.92 Å². The number of carbonyl (C=O) groups excluding carboxylic acids is 1. The predicted molar refractivity (Wildman–Crippen MR) is 74.7 cm³/mol. The second-order valence-corrected chi connectivity index (χ2v) is 3.50. The molecule has 0 unspecified atom stereocenters. The minimum atomic E-state index is -0.512.